The van der Waals surface area contributed by atoms with Crippen molar-refractivity contribution >= 4 is 17.2 Å². The maximum Gasteiger partial charge on any atom is 0.416 e. The number of nitrogens with zero attached hydrogens (tertiary/aromatic N) is 2. The zero-order valence-electron chi connectivity index (χ0n) is 13.1. The number of anilines is 3. The first kappa shape index (κ1) is 16.8. The van der Waals surface area contributed by atoms with Crippen LogP contribution >= 0.6 is 0 Å². The summed E-state index contributed by atoms with van der Waals surface area (Å²) in [6, 6.07) is 14.1. The Hall–Kier alpha value is -3.09. The lowest BCUT2D eigenvalue weighted by Gasteiger charge is -2.11. The lowest BCUT2D eigenvalue weighted by Crippen LogP contribution is -2.05. The maximum absolute atomic E-state index is 12.7. The van der Waals surface area contributed by atoms with Crippen LogP contribution in [0.15, 0.2) is 67.0 Å². The van der Waals surface area contributed by atoms with Crippen LogP contribution in [-0.2, 0) is 12.7 Å². The second-order valence-corrected chi connectivity index (χ2v) is 5.31. The van der Waals surface area contributed by atoms with E-state index >= 15 is 0 Å². The van der Waals surface area contributed by atoms with Gasteiger partial charge in [0, 0.05) is 11.9 Å². The normalized spacial score (nSPS) is 11.2. The monoisotopic (exact) mass is 344 g/mol. The summed E-state index contributed by atoms with van der Waals surface area (Å²) in [5.41, 5.74) is 1.32. The van der Waals surface area contributed by atoms with Gasteiger partial charge in [-0.1, -0.05) is 12.1 Å². The lowest BCUT2D eigenvalue weighted by atomic mass is 10.2. The third-order valence-corrected chi connectivity index (χ3v) is 3.43. The molecule has 0 bridgehead atoms. The molecule has 3 aromatic rings. The van der Waals surface area contributed by atoms with Gasteiger partial charge >= 0.3 is 6.18 Å². The number of hydrogen-bond donors (Lipinski definition) is 2. The van der Waals surface area contributed by atoms with Gasteiger partial charge in [-0.25, -0.2) is 4.98 Å². The summed E-state index contributed by atoms with van der Waals surface area (Å²) in [6.45, 7) is 0.558. The number of halogens is 3. The highest BCUT2D eigenvalue weighted by molar-refractivity contribution is 5.59. The van der Waals surface area contributed by atoms with Crippen LogP contribution in [0.5, 0.6) is 0 Å². The molecule has 0 atom stereocenters. The standard InChI is InChI=1S/C18H15F3N4/c19-18(20,21)13-4-3-6-14(10-13)25-17-8-7-16(12-24-17)23-11-15-5-1-2-9-22-15/h1-10,12,23H,11H2,(H,24,25). The van der Waals surface area contributed by atoms with Crippen molar-refractivity contribution in [3.8, 4) is 0 Å². The molecule has 0 radical (unpaired) electrons. The molecule has 7 heteroatoms. The Morgan fingerprint density at radius 3 is 2.44 bits per heavy atom. The molecular weight excluding hydrogens is 329 g/mol. The first-order valence-electron chi connectivity index (χ1n) is 7.55. The van der Waals surface area contributed by atoms with Gasteiger partial charge < -0.3 is 10.6 Å². The third-order valence-electron chi connectivity index (χ3n) is 3.43. The SMILES string of the molecule is FC(F)(F)c1cccc(Nc2ccc(NCc3ccccn3)cn2)c1. The first-order chi connectivity index (χ1) is 12.0. The largest absolute Gasteiger partial charge is 0.416 e. The fourth-order valence-electron chi connectivity index (χ4n) is 2.19. The van der Waals surface area contributed by atoms with E-state index in [2.05, 4.69) is 20.6 Å². The third kappa shape index (κ3) is 4.69. The molecule has 1 aromatic carbocycles. The summed E-state index contributed by atoms with van der Waals surface area (Å²) in [6.07, 6.45) is -1.04. The summed E-state index contributed by atoms with van der Waals surface area (Å²) < 4.78 is 38.2. The molecule has 128 valence electrons. The minimum absolute atomic E-state index is 0.330. The van der Waals surface area contributed by atoms with Crippen LogP contribution in [-0.4, -0.2) is 9.97 Å². The zero-order chi connectivity index (χ0) is 17.7. The molecule has 0 spiro atoms. The van der Waals surface area contributed by atoms with Gasteiger partial charge in [-0.2, -0.15) is 13.2 Å². The molecule has 0 aliphatic rings. The van der Waals surface area contributed by atoms with Gasteiger partial charge in [0.2, 0.25) is 0 Å². The van der Waals surface area contributed by atoms with Gasteiger partial charge in [-0.15, -0.1) is 0 Å². The minimum Gasteiger partial charge on any atom is -0.378 e. The first-order valence-corrected chi connectivity index (χ1v) is 7.55. The fraction of sp³-hybridized carbons (Fsp3) is 0.111. The van der Waals surface area contributed by atoms with Crippen LogP contribution in [0, 0.1) is 0 Å². The smallest absolute Gasteiger partial charge is 0.378 e. The van der Waals surface area contributed by atoms with Gasteiger partial charge in [0.15, 0.2) is 0 Å². The Labute approximate surface area is 142 Å². The number of pyridine rings is 2. The van der Waals surface area contributed by atoms with Crippen LogP contribution < -0.4 is 10.6 Å². The average molecular weight is 344 g/mol. The molecule has 0 amide bonds. The van der Waals surface area contributed by atoms with E-state index in [9.17, 15) is 13.2 Å². The Kier molecular flexibility index (Phi) is 4.83. The molecule has 2 aromatic heterocycles. The Bertz CT molecular complexity index is 818. The lowest BCUT2D eigenvalue weighted by molar-refractivity contribution is -0.137. The molecule has 0 fully saturated rings. The van der Waals surface area contributed by atoms with E-state index in [0.29, 0.717) is 18.1 Å². The van der Waals surface area contributed by atoms with Gasteiger partial charge in [-0.3, -0.25) is 4.98 Å². The van der Waals surface area contributed by atoms with Crippen molar-refractivity contribution in [1.82, 2.24) is 9.97 Å². The molecule has 0 unspecified atom stereocenters. The molecular formula is C18H15F3N4. The number of alkyl halides is 3. The zero-order valence-corrected chi connectivity index (χ0v) is 13.1. The van der Waals surface area contributed by atoms with Crippen LogP contribution in [0.1, 0.15) is 11.3 Å². The quantitative estimate of drug-likeness (QED) is 0.695. The van der Waals surface area contributed by atoms with E-state index in [-0.39, 0.29) is 0 Å². The fourth-order valence-corrected chi connectivity index (χ4v) is 2.19. The van der Waals surface area contributed by atoms with Crippen molar-refractivity contribution < 1.29 is 13.2 Å². The summed E-state index contributed by atoms with van der Waals surface area (Å²) in [4.78, 5) is 8.41. The van der Waals surface area contributed by atoms with Crippen molar-refractivity contribution in [2.45, 2.75) is 12.7 Å². The van der Waals surface area contributed by atoms with Crippen LogP contribution in [0.25, 0.3) is 0 Å². The van der Waals surface area contributed by atoms with E-state index in [1.54, 1.807) is 30.6 Å². The Balaban J connectivity index is 1.63. The second kappa shape index (κ2) is 7.21. The van der Waals surface area contributed by atoms with E-state index < -0.39 is 11.7 Å². The van der Waals surface area contributed by atoms with E-state index in [4.69, 9.17) is 0 Å². The number of aromatic nitrogens is 2. The molecule has 2 heterocycles. The van der Waals surface area contributed by atoms with Crippen molar-refractivity contribution in [3.63, 3.8) is 0 Å². The molecule has 0 aliphatic heterocycles. The summed E-state index contributed by atoms with van der Waals surface area (Å²) >= 11 is 0. The number of hydrogen-bond acceptors (Lipinski definition) is 4. The van der Waals surface area contributed by atoms with Gasteiger partial charge in [0.25, 0.3) is 0 Å². The molecule has 25 heavy (non-hydrogen) atoms. The topological polar surface area (TPSA) is 49.8 Å². The Morgan fingerprint density at radius 1 is 0.880 bits per heavy atom. The van der Waals surface area contributed by atoms with E-state index in [0.717, 1.165) is 23.5 Å². The number of rotatable bonds is 5. The Morgan fingerprint density at radius 2 is 1.76 bits per heavy atom. The highest BCUT2D eigenvalue weighted by Crippen LogP contribution is 2.31. The molecule has 4 nitrogen and oxygen atoms in total. The summed E-state index contributed by atoms with van der Waals surface area (Å²) in [5.74, 6) is 0.461. The molecule has 3 rings (SSSR count). The molecule has 0 saturated heterocycles. The van der Waals surface area contributed by atoms with Gasteiger partial charge in [-0.05, 0) is 42.5 Å². The highest BCUT2D eigenvalue weighted by Gasteiger charge is 2.30. The van der Waals surface area contributed by atoms with Crippen molar-refractivity contribution in [2.24, 2.45) is 0 Å². The number of nitrogens with one attached hydrogen (secondary N) is 2. The minimum atomic E-state index is -4.37. The van der Waals surface area contributed by atoms with Gasteiger partial charge in [0.1, 0.15) is 5.82 Å². The second-order valence-electron chi connectivity index (χ2n) is 5.31. The van der Waals surface area contributed by atoms with Crippen molar-refractivity contribution in [1.29, 1.82) is 0 Å². The van der Waals surface area contributed by atoms with Crippen molar-refractivity contribution in [3.05, 3.63) is 78.2 Å². The molecule has 2 N–H and O–H groups in total. The van der Waals surface area contributed by atoms with Crippen molar-refractivity contribution in [2.75, 3.05) is 10.6 Å². The molecule has 0 saturated carbocycles. The van der Waals surface area contributed by atoms with Crippen LogP contribution in [0.3, 0.4) is 0 Å². The van der Waals surface area contributed by atoms with Crippen LogP contribution in [0.4, 0.5) is 30.4 Å². The van der Waals surface area contributed by atoms with E-state index in [1.165, 1.54) is 6.07 Å². The van der Waals surface area contributed by atoms with E-state index in [1.807, 2.05) is 18.2 Å². The number of benzene rings is 1. The summed E-state index contributed by atoms with van der Waals surface area (Å²) in [7, 11) is 0. The maximum atomic E-state index is 12.7. The molecule has 0 aliphatic carbocycles. The summed E-state index contributed by atoms with van der Waals surface area (Å²) in [5, 5.41) is 6.05. The van der Waals surface area contributed by atoms with Crippen LogP contribution in [0.2, 0.25) is 0 Å². The van der Waals surface area contributed by atoms with Gasteiger partial charge in [0.05, 0.1) is 29.7 Å². The predicted molar refractivity (Wildman–Crippen MR) is 90.5 cm³/mol. The predicted octanol–water partition coefficient (Wildman–Crippen LogP) is 4.85. The average Bonchev–Trinajstić information content (AvgIpc) is 2.62. The highest BCUT2D eigenvalue weighted by atomic mass is 19.4.